The van der Waals surface area contributed by atoms with E-state index >= 15 is 0 Å². The number of benzene rings is 2. The van der Waals surface area contributed by atoms with E-state index in [1.165, 1.54) is 28.3 Å². The Morgan fingerprint density at radius 1 is 0.674 bits per heavy atom. The fourth-order valence-corrected chi connectivity index (χ4v) is 4.95. The van der Waals surface area contributed by atoms with Gasteiger partial charge in [-0.05, 0) is 77.5 Å². The van der Waals surface area contributed by atoms with E-state index in [1.54, 1.807) is 19.2 Å². The molecule has 0 unspecified atom stereocenters. The fraction of sp³-hybridized carbons (Fsp3) is 0.531. The Kier molecular flexibility index (Phi) is 13.1. The van der Waals surface area contributed by atoms with Crippen LogP contribution in [-0.4, -0.2) is 54.7 Å². The topological polar surface area (TPSA) is 116 Å². The van der Waals surface area contributed by atoms with Crippen LogP contribution < -0.4 is 18.9 Å². The van der Waals surface area contributed by atoms with Crippen molar-refractivity contribution < 1.29 is 47.2 Å². The molecule has 0 spiro atoms. The molecule has 0 radical (unpaired) electrons. The van der Waals surface area contributed by atoms with Crippen molar-refractivity contribution in [2.45, 2.75) is 84.7 Å². The second-order valence-corrected chi connectivity index (χ2v) is 16.4. The summed E-state index contributed by atoms with van der Waals surface area (Å²) in [6, 6.07) is 7.14. The zero-order valence-electron chi connectivity index (χ0n) is 27.1. The molecule has 0 saturated carbocycles. The largest absolute Gasteiger partial charge is 0.493 e. The molecule has 0 aliphatic rings. The number of hydrogen-bond acceptors (Lipinski definition) is 10. The van der Waals surface area contributed by atoms with Crippen molar-refractivity contribution in [2.24, 2.45) is 0 Å². The van der Waals surface area contributed by atoms with Crippen LogP contribution in [0.5, 0.6) is 23.0 Å². The minimum absolute atomic E-state index is 0.0317. The molecule has 0 amide bonds. The summed E-state index contributed by atoms with van der Waals surface area (Å²) in [6.07, 6.45) is 1.08. The number of methoxy groups -OCH3 is 4. The van der Waals surface area contributed by atoms with E-state index < -0.39 is 14.3 Å². The van der Waals surface area contributed by atoms with Crippen LogP contribution in [0.25, 0.3) is 0 Å². The van der Waals surface area contributed by atoms with Crippen LogP contribution in [0.1, 0.15) is 62.8 Å². The molecule has 2 rings (SSSR count). The van der Waals surface area contributed by atoms with Gasteiger partial charge in [0, 0.05) is 19.8 Å². The van der Waals surface area contributed by atoms with E-state index in [0.717, 1.165) is 22.3 Å². The molecule has 0 atom stereocenters. The lowest BCUT2D eigenvalue weighted by molar-refractivity contribution is -0.141. The van der Waals surface area contributed by atoms with Gasteiger partial charge < -0.3 is 32.8 Å². The number of esters is 3. The Labute approximate surface area is 256 Å². The highest BCUT2D eigenvalue weighted by molar-refractivity contribution is 6.74. The maximum atomic E-state index is 12.0. The summed E-state index contributed by atoms with van der Waals surface area (Å²) in [4.78, 5) is 35.6. The van der Waals surface area contributed by atoms with E-state index in [9.17, 15) is 14.4 Å². The zero-order chi connectivity index (χ0) is 32.4. The van der Waals surface area contributed by atoms with Crippen molar-refractivity contribution in [3.8, 4) is 23.0 Å². The van der Waals surface area contributed by atoms with Gasteiger partial charge in [0.15, 0.2) is 31.3 Å². The Balaban J connectivity index is 2.48. The van der Waals surface area contributed by atoms with Crippen molar-refractivity contribution >= 4 is 26.2 Å². The third-order valence-electron chi connectivity index (χ3n) is 7.66. The van der Waals surface area contributed by atoms with Crippen molar-refractivity contribution in [1.29, 1.82) is 0 Å². The highest BCUT2D eigenvalue weighted by atomic mass is 28.4. The van der Waals surface area contributed by atoms with Crippen molar-refractivity contribution in [1.82, 2.24) is 0 Å². The van der Waals surface area contributed by atoms with E-state index in [4.69, 9.17) is 32.8 Å². The summed E-state index contributed by atoms with van der Waals surface area (Å²) in [6.45, 7) is 12.7. The maximum Gasteiger partial charge on any atom is 0.308 e. The maximum absolute atomic E-state index is 12.0. The minimum Gasteiger partial charge on any atom is -0.493 e. The van der Waals surface area contributed by atoms with Gasteiger partial charge in [-0.2, -0.15) is 0 Å². The first-order valence-corrected chi connectivity index (χ1v) is 17.0. The molecule has 0 heterocycles. The van der Waals surface area contributed by atoms with Gasteiger partial charge in [0.05, 0.1) is 35.0 Å². The lowest BCUT2D eigenvalue weighted by Crippen LogP contribution is -2.40. The summed E-state index contributed by atoms with van der Waals surface area (Å²) in [5.41, 5.74) is 3.24. The van der Waals surface area contributed by atoms with Crippen LogP contribution >= 0.6 is 0 Å². The second kappa shape index (κ2) is 15.8. The van der Waals surface area contributed by atoms with Gasteiger partial charge in [0.2, 0.25) is 0 Å². The first kappa shape index (κ1) is 35.6. The molecular formula is C32H46O10Si. The molecule has 238 valence electrons. The fourth-order valence-electron chi connectivity index (χ4n) is 4.00. The molecule has 0 aromatic heterocycles. The van der Waals surface area contributed by atoms with Crippen LogP contribution in [0.3, 0.4) is 0 Å². The molecule has 43 heavy (non-hydrogen) atoms. The van der Waals surface area contributed by atoms with Gasteiger partial charge >= 0.3 is 17.9 Å². The Bertz CT molecular complexity index is 1280. The molecular weight excluding hydrogens is 572 g/mol. The molecule has 2 aromatic carbocycles. The predicted octanol–water partition coefficient (Wildman–Crippen LogP) is 5.94. The molecule has 11 heteroatoms. The smallest absolute Gasteiger partial charge is 0.308 e. The monoisotopic (exact) mass is 618 g/mol. The van der Waals surface area contributed by atoms with Crippen LogP contribution in [0.2, 0.25) is 18.1 Å². The standard InChI is InChI=1S/C32H46O10Si/c1-21(33)42-29-16-23(12-14-31(35)39-8)24(17-27(29)37-6)19-40-28-15-22(11-13-30(34)38-7)25(18-26(28)36-5)20-41-43(9,10)32(2,3)4/h15-18H,11-14,19-20H2,1-10H3. The van der Waals surface area contributed by atoms with Gasteiger partial charge in [0.1, 0.15) is 6.61 Å². The van der Waals surface area contributed by atoms with Crippen LogP contribution in [0.15, 0.2) is 24.3 Å². The summed E-state index contributed by atoms with van der Waals surface area (Å²) < 4.78 is 38.9. The summed E-state index contributed by atoms with van der Waals surface area (Å²) >= 11 is 0. The number of carbonyl (C=O) groups excluding carboxylic acids is 3. The Hall–Kier alpha value is -3.57. The van der Waals surface area contributed by atoms with Gasteiger partial charge in [-0.25, -0.2) is 0 Å². The number of aryl methyl sites for hydroxylation is 2. The molecule has 0 saturated heterocycles. The SMILES string of the molecule is COC(=O)CCc1cc(OC(C)=O)c(OC)cc1COc1cc(CCC(=O)OC)c(CO[Si](C)(C)C(C)(C)C)cc1OC. The summed E-state index contributed by atoms with van der Waals surface area (Å²) in [7, 11) is 3.68. The summed E-state index contributed by atoms with van der Waals surface area (Å²) in [5, 5.41) is 0.0317. The van der Waals surface area contributed by atoms with E-state index in [-0.39, 0.29) is 42.2 Å². The Morgan fingerprint density at radius 3 is 1.56 bits per heavy atom. The molecule has 2 aromatic rings. The molecule has 0 aliphatic carbocycles. The predicted molar refractivity (Wildman–Crippen MR) is 164 cm³/mol. The third-order valence-corrected chi connectivity index (χ3v) is 12.1. The third kappa shape index (κ3) is 10.3. The van der Waals surface area contributed by atoms with Gasteiger partial charge in [0.25, 0.3) is 0 Å². The number of ether oxygens (including phenoxy) is 6. The minimum atomic E-state index is -2.05. The molecule has 10 nitrogen and oxygen atoms in total. The van der Waals surface area contributed by atoms with E-state index in [1.807, 2.05) is 12.1 Å². The van der Waals surface area contributed by atoms with Crippen molar-refractivity contribution in [3.05, 3.63) is 46.5 Å². The Morgan fingerprint density at radius 2 is 1.12 bits per heavy atom. The van der Waals surface area contributed by atoms with E-state index in [2.05, 4.69) is 33.9 Å². The van der Waals surface area contributed by atoms with Crippen LogP contribution in [-0.2, 0) is 54.3 Å². The molecule has 0 fully saturated rings. The molecule has 0 aliphatic heterocycles. The first-order chi connectivity index (χ1) is 20.1. The van der Waals surface area contributed by atoms with Gasteiger partial charge in [-0.3, -0.25) is 14.4 Å². The second-order valence-electron chi connectivity index (χ2n) is 11.6. The zero-order valence-corrected chi connectivity index (χ0v) is 28.1. The van der Waals surface area contributed by atoms with E-state index in [0.29, 0.717) is 36.7 Å². The quantitative estimate of drug-likeness (QED) is 0.135. The van der Waals surface area contributed by atoms with Gasteiger partial charge in [-0.1, -0.05) is 20.8 Å². The van der Waals surface area contributed by atoms with Gasteiger partial charge in [-0.15, -0.1) is 0 Å². The van der Waals surface area contributed by atoms with Crippen molar-refractivity contribution in [3.63, 3.8) is 0 Å². The molecule has 0 bridgehead atoms. The lowest BCUT2D eigenvalue weighted by Gasteiger charge is -2.36. The van der Waals surface area contributed by atoms with Crippen LogP contribution in [0.4, 0.5) is 0 Å². The van der Waals surface area contributed by atoms with Crippen molar-refractivity contribution in [2.75, 3.05) is 28.4 Å². The summed E-state index contributed by atoms with van der Waals surface area (Å²) in [5.74, 6) is 0.388. The van der Waals surface area contributed by atoms with Crippen LogP contribution in [0, 0.1) is 0 Å². The highest BCUT2D eigenvalue weighted by Crippen LogP contribution is 2.39. The average Bonchev–Trinajstić information content (AvgIpc) is 2.95. The number of carbonyl (C=O) groups is 3. The first-order valence-electron chi connectivity index (χ1n) is 14.1. The lowest BCUT2D eigenvalue weighted by atomic mass is 10.0. The normalized spacial score (nSPS) is 11.5. The highest BCUT2D eigenvalue weighted by Gasteiger charge is 2.37. The average molecular weight is 619 g/mol. The number of hydrogen-bond donors (Lipinski definition) is 0. The molecule has 0 N–H and O–H groups in total. The number of rotatable bonds is 15.